The smallest absolute Gasteiger partial charge is 0.247 e. The summed E-state index contributed by atoms with van der Waals surface area (Å²) in [6.07, 6.45) is 1.59. The van der Waals surface area contributed by atoms with Crippen LogP contribution in [-0.2, 0) is 9.59 Å². The van der Waals surface area contributed by atoms with Crippen LogP contribution in [0, 0.1) is 5.92 Å². The predicted octanol–water partition coefficient (Wildman–Crippen LogP) is 3.80. The van der Waals surface area contributed by atoms with Crippen LogP contribution < -0.4 is 5.32 Å². The van der Waals surface area contributed by atoms with Gasteiger partial charge < -0.3 is 10.2 Å². The molecule has 0 saturated carbocycles. The molecule has 2 rings (SSSR count). The molecule has 2 amide bonds. The summed E-state index contributed by atoms with van der Waals surface area (Å²) in [5.41, 5.74) is 0.707. The van der Waals surface area contributed by atoms with Gasteiger partial charge in [-0.1, -0.05) is 29.8 Å². The predicted molar refractivity (Wildman–Crippen MR) is 90.0 cm³/mol. The highest BCUT2D eigenvalue weighted by Gasteiger charge is 2.35. The largest absolute Gasteiger partial charge is 0.330 e. The van der Waals surface area contributed by atoms with Crippen LogP contribution in [0.25, 0.3) is 0 Å². The fraction of sp³-hybridized carbons (Fsp3) is 0.467. The molecule has 6 heteroatoms. The molecule has 0 aliphatic carbocycles. The molecule has 1 aromatic rings. The average molecular weight is 418 g/mol. The lowest BCUT2D eigenvalue weighted by atomic mass is 10.1. The molecule has 1 atom stereocenters. The maximum absolute atomic E-state index is 12.5. The van der Waals surface area contributed by atoms with E-state index in [1.165, 1.54) is 0 Å². The molecule has 0 bridgehead atoms. The molecule has 1 unspecified atom stereocenters. The number of halogens is 2. The van der Waals surface area contributed by atoms with Crippen LogP contribution in [0.5, 0.6) is 0 Å². The van der Waals surface area contributed by atoms with E-state index < -0.39 is 0 Å². The van der Waals surface area contributed by atoms with E-state index in [4.69, 9.17) is 0 Å². The highest BCUT2D eigenvalue weighted by Crippen LogP contribution is 2.28. The molecule has 1 heterocycles. The third-order valence-electron chi connectivity index (χ3n) is 3.52. The number of anilines is 1. The van der Waals surface area contributed by atoms with Crippen molar-refractivity contribution in [3.63, 3.8) is 0 Å². The van der Waals surface area contributed by atoms with Crippen LogP contribution in [0.15, 0.2) is 27.1 Å². The fourth-order valence-electron chi connectivity index (χ4n) is 2.44. The van der Waals surface area contributed by atoms with Gasteiger partial charge in [-0.25, -0.2) is 0 Å². The standard InChI is InChI=1S/C15H18Br2N2O2/c1-9(2)15(21)19-7-3-4-13(19)14(20)18-12-8-10(16)5-6-11(12)17/h5-6,8-9,13H,3-4,7H2,1-2H3,(H,18,20). The molecule has 1 aliphatic rings. The summed E-state index contributed by atoms with van der Waals surface area (Å²) in [5.74, 6) is -0.169. The molecule has 0 radical (unpaired) electrons. The van der Waals surface area contributed by atoms with Crippen LogP contribution in [0.2, 0.25) is 0 Å². The first-order chi connectivity index (χ1) is 9.90. The number of hydrogen-bond donors (Lipinski definition) is 1. The van der Waals surface area contributed by atoms with Crippen molar-refractivity contribution in [2.24, 2.45) is 5.92 Å². The average Bonchev–Trinajstić information content (AvgIpc) is 2.91. The minimum atomic E-state index is -0.370. The minimum absolute atomic E-state index is 0.0426. The Morgan fingerprint density at radius 2 is 2.05 bits per heavy atom. The SMILES string of the molecule is CC(C)C(=O)N1CCCC1C(=O)Nc1cc(Br)ccc1Br. The van der Waals surface area contributed by atoms with E-state index in [1.807, 2.05) is 32.0 Å². The van der Waals surface area contributed by atoms with E-state index in [0.29, 0.717) is 12.2 Å². The van der Waals surface area contributed by atoms with Gasteiger partial charge in [-0.05, 0) is 47.0 Å². The zero-order chi connectivity index (χ0) is 15.6. The van der Waals surface area contributed by atoms with Crippen molar-refractivity contribution in [3.05, 3.63) is 27.1 Å². The maximum Gasteiger partial charge on any atom is 0.247 e. The van der Waals surface area contributed by atoms with Crippen molar-refractivity contribution in [3.8, 4) is 0 Å². The Balaban J connectivity index is 2.12. The maximum atomic E-state index is 12.5. The molecule has 1 fully saturated rings. The van der Waals surface area contributed by atoms with Gasteiger partial charge in [0.05, 0.1) is 5.69 Å². The number of nitrogens with zero attached hydrogens (tertiary/aromatic N) is 1. The third kappa shape index (κ3) is 3.86. The Labute approximate surface area is 141 Å². The first kappa shape index (κ1) is 16.5. The first-order valence-corrected chi connectivity index (χ1v) is 8.55. The van der Waals surface area contributed by atoms with Gasteiger partial charge in [-0.2, -0.15) is 0 Å². The second kappa shape index (κ2) is 6.92. The Bertz CT molecular complexity index is 561. The second-order valence-electron chi connectivity index (χ2n) is 5.46. The molecule has 0 aromatic heterocycles. The number of amides is 2. The molecule has 114 valence electrons. The number of nitrogens with one attached hydrogen (secondary N) is 1. The lowest BCUT2D eigenvalue weighted by Crippen LogP contribution is -2.44. The van der Waals surface area contributed by atoms with Gasteiger partial charge in [0.1, 0.15) is 6.04 Å². The summed E-state index contributed by atoms with van der Waals surface area (Å²) in [6, 6.07) is 5.23. The van der Waals surface area contributed by atoms with Crippen LogP contribution in [0.4, 0.5) is 5.69 Å². The van der Waals surface area contributed by atoms with Crippen molar-refractivity contribution in [1.29, 1.82) is 0 Å². The molecular formula is C15H18Br2N2O2. The van der Waals surface area contributed by atoms with Gasteiger partial charge in [-0.15, -0.1) is 0 Å². The van der Waals surface area contributed by atoms with Crippen LogP contribution in [0.3, 0.4) is 0 Å². The molecule has 4 nitrogen and oxygen atoms in total. The fourth-order valence-corrected chi connectivity index (χ4v) is 3.15. The number of rotatable bonds is 3. The summed E-state index contributed by atoms with van der Waals surface area (Å²) in [6.45, 7) is 4.38. The summed E-state index contributed by atoms with van der Waals surface area (Å²) in [5, 5.41) is 2.91. The Morgan fingerprint density at radius 3 is 2.71 bits per heavy atom. The summed E-state index contributed by atoms with van der Waals surface area (Å²) >= 11 is 6.81. The van der Waals surface area contributed by atoms with Crippen LogP contribution >= 0.6 is 31.9 Å². The molecule has 21 heavy (non-hydrogen) atoms. The third-order valence-corrected chi connectivity index (χ3v) is 4.70. The minimum Gasteiger partial charge on any atom is -0.330 e. The van der Waals surface area contributed by atoms with Gasteiger partial charge in [-0.3, -0.25) is 9.59 Å². The number of likely N-dealkylation sites (tertiary alicyclic amines) is 1. The molecule has 1 N–H and O–H groups in total. The Morgan fingerprint density at radius 1 is 1.33 bits per heavy atom. The summed E-state index contributed by atoms with van der Waals surface area (Å²) < 4.78 is 1.71. The van der Waals surface area contributed by atoms with Crippen molar-refractivity contribution < 1.29 is 9.59 Å². The highest BCUT2D eigenvalue weighted by molar-refractivity contribution is 9.11. The zero-order valence-corrected chi connectivity index (χ0v) is 15.2. The number of carbonyl (C=O) groups excluding carboxylic acids is 2. The van der Waals surface area contributed by atoms with Crippen LogP contribution in [-0.4, -0.2) is 29.3 Å². The summed E-state index contributed by atoms with van der Waals surface area (Å²) in [4.78, 5) is 26.3. The Hall–Kier alpha value is -0.880. The molecule has 1 saturated heterocycles. The Kier molecular flexibility index (Phi) is 5.43. The van der Waals surface area contributed by atoms with Crippen molar-refractivity contribution in [1.82, 2.24) is 4.90 Å². The summed E-state index contributed by atoms with van der Waals surface area (Å²) in [7, 11) is 0. The van der Waals surface area contributed by atoms with E-state index in [9.17, 15) is 9.59 Å². The van der Waals surface area contributed by atoms with E-state index >= 15 is 0 Å². The number of benzene rings is 1. The van der Waals surface area contributed by atoms with Crippen molar-refractivity contribution in [2.45, 2.75) is 32.7 Å². The molecule has 1 aromatic carbocycles. The van der Waals surface area contributed by atoms with E-state index in [-0.39, 0.29) is 23.8 Å². The van der Waals surface area contributed by atoms with Crippen molar-refractivity contribution in [2.75, 3.05) is 11.9 Å². The zero-order valence-electron chi connectivity index (χ0n) is 12.0. The van der Waals surface area contributed by atoms with Gasteiger partial charge >= 0.3 is 0 Å². The number of carbonyl (C=O) groups is 2. The van der Waals surface area contributed by atoms with Gasteiger partial charge in [0.2, 0.25) is 11.8 Å². The van der Waals surface area contributed by atoms with Crippen LogP contribution in [0.1, 0.15) is 26.7 Å². The lowest BCUT2D eigenvalue weighted by molar-refractivity contribution is -0.139. The van der Waals surface area contributed by atoms with E-state index in [2.05, 4.69) is 37.2 Å². The molecular weight excluding hydrogens is 400 g/mol. The quantitative estimate of drug-likeness (QED) is 0.813. The topological polar surface area (TPSA) is 49.4 Å². The lowest BCUT2D eigenvalue weighted by Gasteiger charge is -2.25. The van der Waals surface area contributed by atoms with E-state index in [1.54, 1.807) is 4.90 Å². The van der Waals surface area contributed by atoms with E-state index in [0.717, 1.165) is 21.8 Å². The van der Waals surface area contributed by atoms with Gasteiger partial charge in [0.25, 0.3) is 0 Å². The van der Waals surface area contributed by atoms with Gasteiger partial charge in [0, 0.05) is 21.4 Å². The molecule has 0 spiro atoms. The van der Waals surface area contributed by atoms with Gasteiger partial charge in [0.15, 0.2) is 0 Å². The second-order valence-corrected chi connectivity index (χ2v) is 7.23. The molecule has 1 aliphatic heterocycles. The van der Waals surface area contributed by atoms with Crippen molar-refractivity contribution >= 4 is 49.4 Å². The number of hydrogen-bond acceptors (Lipinski definition) is 2. The highest BCUT2D eigenvalue weighted by atomic mass is 79.9. The monoisotopic (exact) mass is 416 g/mol. The first-order valence-electron chi connectivity index (χ1n) is 6.96. The normalized spacial score (nSPS) is 18.1.